The Morgan fingerprint density at radius 2 is 1.86 bits per heavy atom. The van der Waals surface area contributed by atoms with Crippen molar-refractivity contribution in [3.63, 3.8) is 0 Å². The van der Waals surface area contributed by atoms with E-state index in [-0.39, 0.29) is 28.6 Å². The number of halogens is 3. The molecule has 0 fully saturated rings. The number of aliphatic hydroxyl groups excluding tert-OH is 1. The fourth-order valence-electron chi connectivity index (χ4n) is 2.64. The molecule has 2 aromatic carbocycles. The van der Waals surface area contributed by atoms with Crippen molar-refractivity contribution >= 4 is 16.8 Å². The van der Waals surface area contributed by atoms with Crippen LogP contribution < -0.4 is 16.6 Å². The fraction of sp³-hybridized carbons (Fsp3) is 0.167. The van der Waals surface area contributed by atoms with Crippen molar-refractivity contribution in [3.8, 4) is 0 Å². The van der Waals surface area contributed by atoms with Crippen LogP contribution in [0.15, 0.2) is 52.1 Å². The quantitative estimate of drug-likeness (QED) is 0.540. The standard InChI is InChI=1S/C18H14F3N3O4/c19-18(20,21)11-3-1-2-9(6-11)14(25)8-22-15(26)10-4-5-13-12(7-10)16(27)24-17(28)23-13/h1-7,14,25H,8H2,(H,22,26)(H2,23,24,27,28). The highest BCUT2D eigenvalue weighted by atomic mass is 19.4. The summed E-state index contributed by atoms with van der Waals surface area (Å²) in [6.07, 6.45) is -5.90. The third-order valence-electron chi connectivity index (χ3n) is 4.06. The van der Waals surface area contributed by atoms with E-state index in [1.807, 2.05) is 4.98 Å². The molecule has 0 saturated heterocycles. The minimum atomic E-state index is -4.54. The molecule has 0 aliphatic heterocycles. The van der Waals surface area contributed by atoms with Gasteiger partial charge in [0.05, 0.1) is 22.6 Å². The summed E-state index contributed by atoms with van der Waals surface area (Å²) in [5.41, 5.74) is -1.92. The summed E-state index contributed by atoms with van der Waals surface area (Å²) in [7, 11) is 0. The molecule has 1 heterocycles. The van der Waals surface area contributed by atoms with Crippen molar-refractivity contribution in [2.45, 2.75) is 12.3 Å². The van der Waals surface area contributed by atoms with Crippen molar-refractivity contribution in [1.82, 2.24) is 15.3 Å². The number of fused-ring (bicyclic) bond motifs is 1. The fourth-order valence-corrected chi connectivity index (χ4v) is 2.64. The van der Waals surface area contributed by atoms with Crippen LogP contribution in [-0.4, -0.2) is 27.5 Å². The first-order valence-electron chi connectivity index (χ1n) is 8.05. The van der Waals surface area contributed by atoms with Crippen molar-refractivity contribution < 1.29 is 23.1 Å². The van der Waals surface area contributed by atoms with Gasteiger partial charge in [0.2, 0.25) is 0 Å². The number of aromatic nitrogens is 2. The van der Waals surface area contributed by atoms with E-state index in [1.54, 1.807) is 0 Å². The number of carbonyl (C=O) groups excluding carboxylic acids is 1. The normalized spacial score (nSPS) is 12.7. The number of rotatable bonds is 4. The van der Waals surface area contributed by atoms with Crippen LogP contribution in [0.25, 0.3) is 10.9 Å². The molecule has 0 aliphatic carbocycles. The highest BCUT2D eigenvalue weighted by Gasteiger charge is 2.30. The zero-order chi connectivity index (χ0) is 20.5. The van der Waals surface area contributed by atoms with Gasteiger partial charge in [-0.2, -0.15) is 13.2 Å². The summed E-state index contributed by atoms with van der Waals surface area (Å²) in [6, 6.07) is 8.18. The van der Waals surface area contributed by atoms with Crippen LogP contribution in [-0.2, 0) is 6.18 Å². The lowest BCUT2D eigenvalue weighted by atomic mass is 10.1. The lowest BCUT2D eigenvalue weighted by molar-refractivity contribution is -0.137. The van der Waals surface area contributed by atoms with E-state index in [1.165, 1.54) is 30.3 Å². The Morgan fingerprint density at radius 3 is 2.57 bits per heavy atom. The summed E-state index contributed by atoms with van der Waals surface area (Å²) < 4.78 is 38.3. The third-order valence-corrected chi connectivity index (χ3v) is 4.06. The number of aromatic amines is 2. The number of H-pyrrole nitrogens is 2. The number of hydrogen-bond donors (Lipinski definition) is 4. The number of aliphatic hydroxyl groups is 1. The lowest BCUT2D eigenvalue weighted by Crippen LogP contribution is -2.29. The van der Waals surface area contributed by atoms with Gasteiger partial charge in [-0.05, 0) is 35.9 Å². The molecule has 1 amide bonds. The second kappa shape index (κ2) is 7.31. The van der Waals surface area contributed by atoms with Crippen LogP contribution in [0.4, 0.5) is 13.2 Å². The molecule has 3 rings (SSSR count). The van der Waals surface area contributed by atoms with Gasteiger partial charge < -0.3 is 15.4 Å². The smallest absolute Gasteiger partial charge is 0.387 e. The van der Waals surface area contributed by atoms with Crippen molar-refractivity contribution in [1.29, 1.82) is 0 Å². The summed E-state index contributed by atoms with van der Waals surface area (Å²) in [6.45, 7) is -0.333. The maximum Gasteiger partial charge on any atom is 0.416 e. The average Bonchev–Trinajstić information content (AvgIpc) is 2.65. The molecule has 4 N–H and O–H groups in total. The van der Waals surface area contributed by atoms with Crippen LogP contribution in [0, 0.1) is 0 Å². The van der Waals surface area contributed by atoms with Crippen LogP contribution in [0.2, 0.25) is 0 Å². The van der Waals surface area contributed by atoms with Crippen LogP contribution in [0.3, 0.4) is 0 Å². The first kappa shape index (κ1) is 19.4. The maximum absolute atomic E-state index is 12.8. The first-order valence-corrected chi connectivity index (χ1v) is 8.05. The van der Waals surface area contributed by atoms with E-state index in [0.29, 0.717) is 0 Å². The maximum atomic E-state index is 12.8. The van der Waals surface area contributed by atoms with E-state index in [9.17, 15) is 32.7 Å². The van der Waals surface area contributed by atoms with Gasteiger partial charge in [-0.25, -0.2) is 4.79 Å². The summed E-state index contributed by atoms with van der Waals surface area (Å²) in [5, 5.41) is 12.6. The monoisotopic (exact) mass is 393 g/mol. The minimum absolute atomic E-state index is 0.00246. The van der Waals surface area contributed by atoms with E-state index < -0.39 is 35.0 Å². The predicted molar refractivity (Wildman–Crippen MR) is 93.9 cm³/mol. The Hall–Kier alpha value is -3.40. The highest BCUT2D eigenvalue weighted by Crippen LogP contribution is 2.30. The zero-order valence-corrected chi connectivity index (χ0v) is 14.1. The van der Waals surface area contributed by atoms with Crippen molar-refractivity contribution in [2.75, 3.05) is 6.54 Å². The summed E-state index contributed by atoms with van der Waals surface area (Å²) >= 11 is 0. The van der Waals surface area contributed by atoms with Crippen LogP contribution >= 0.6 is 0 Å². The molecule has 0 saturated carbocycles. The zero-order valence-electron chi connectivity index (χ0n) is 14.1. The van der Waals surface area contributed by atoms with Gasteiger partial charge in [-0.1, -0.05) is 12.1 Å². The van der Waals surface area contributed by atoms with E-state index in [4.69, 9.17) is 0 Å². The third kappa shape index (κ3) is 4.12. The molecule has 10 heteroatoms. The molecular weight excluding hydrogens is 379 g/mol. The molecule has 0 bridgehead atoms. The molecule has 1 atom stereocenters. The van der Waals surface area contributed by atoms with Crippen LogP contribution in [0.1, 0.15) is 27.6 Å². The Morgan fingerprint density at radius 1 is 1.11 bits per heavy atom. The molecule has 7 nitrogen and oxygen atoms in total. The minimum Gasteiger partial charge on any atom is -0.387 e. The molecule has 146 valence electrons. The first-order chi connectivity index (χ1) is 13.1. The number of amides is 1. The molecular formula is C18H14F3N3O4. The number of benzene rings is 2. The summed E-state index contributed by atoms with van der Waals surface area (Å²) in [5.74, 6) is -0.640. The Labute approximate surface area is 154 Å². The summed E-state index contributed by atoms with van der Waals surface area (Å²) in [4.78, 5) is 39.7. The topological polar surface area (TPSA) is 115 Å². The largest absolute Gasteiger partial charge is 0.416 e. The van der Waals surface area contributed by atoms with Gasteiger partial charge in [0.1, 0.15) is 0 Å². The average molecular weight is 393 g/mol. The lowest BCUT2D eigenvalue weighted by Gasteiger charge is -2.14. The van der Waals surface area contributed by atoms with Gasteiger partial charge >= 0.3 is 11.9 Å². The van der Waals surface area contributed by atoms with Crippen molar-refractivity contribution in [2.24, 2.45) is 0 Å². The van der Waals surface area contributed by atoms with Gasteiger partial charge in [0.15, 0.2) is 0 Å². The van der Waals surface area contributed by atoms with Gasteiger partial charge in [-0.15, -0.1) is 0 Å². The predicted octanol–water partition coefficient (Wildman–Crippen LogP) is 1.70. The molecule has 0 radical (unpaired) electrons. The number of nitrogens with one attached hydrogen (secondary N) is 3. The molecule has 3 aromatic rings. The number of hydrogen-bond acceptors (Lipinski definition) is 4. The SMILES string of the molecule is O=C(NCC(O)c1cccc(C(F)(F)F)c1)c1ccc2[nH]c(=O)[nH]c(=O)c2c1. The molecule has 1 aromatic heterocycles. The van der Waals surface area contributed by atoms with E-state index in [2.05, 4.69) is 10.3 Å². The van der Waals surface area contributed by atoms with Gasteiger partial charge in [0.25, 0.3) is 11.5 Å². The molecule has 0 spiro atoms. The van der Waals surface area contributed by atoms with Crippen LogP contribution in [0.5, 0.6) is 0 Å². The second-order valence-electron chi connectivity index (χ2n) is 6.02. The number of alkyl halides is 3. The van der Waals surface area contributed by atoms with Gasteiger partial charge in [0, 0.05) is 12.1 Å². The Bertz CT molecular complexity index is 1150. The molecule has 0 aliphatic rings. The van der Waals surface area contributed by atoms with E-state index in [0.717, 1.165) is 12.1 Å². The highest BCUT2D eigenvalue weighted by molar-refractivity contribution is 5.97. The molecule has 28 heavy (non-hydrogen) atoms. The molecule has 1 unspecified atom stereocenters. The van der Waals surface area contributed by atoms with E-state index >= 15 is 0 Å². The van der Waals surface area contributed by atoms with Gasteiger partial charge in [-0.3, -0.25) is 14.6 Å². The second-order valence-corrected chi connectivity index (χ2v) is 6.02. The van der Waals surface area contributed by atoms with Crippen molar-refractivity contribution in [3.05, 3.63) is 80.0 Å². The Kier molecular flexibility index (Phi) is 5.06. The number of carbonyl (C=O) groups is 1. The Balaban J connectivity index is 1.74.